The third-order valence-electron chi connectivity index (χ3n) is 3.75. The second kappa shape index (κ2) is 7.18. The van der Waals surface area contributed by atoms with Crippen LogP contribution in [-0.2, 0) is 0 Å². The molecule has 5 heteroatoms. The number of rotatable bonds is 2. The molecule has 0 bridgehead atoms. The molecule has 0 spiro atoms. The van der Waals surface area contributed by atoms with Crippen LogP contribution in [0.2, 0.25) is 0 Å². The lowest BCUT2D eigenvalue weighted by atomic mass is 9.95. The van der Waals surface area contributed by atoms with Crippen molar-refractivity contribution in [2.24, 2.45) is 0 Å². The van der Waals surface area contributed by atoms with Gasteiger partial charge in [-0.1, -0.05) is 41.3 Å². The molecule has 0 radical (unpaired) electrons. The van der Waals surface area contributed by atoms with Crippen LogP contribution in [-0.4, -0.2) is 29.0 Å². The number of nitrogens with zero attached hydrogens (tertiary/aromatic N) is 1. The Kier molecular flexibility index (Phi) is 5.54. The van der Waals surface area contributed by atoms with E-state index in [0.29, 0.717) is 16.7 Å². The van der Waals surface area contributed by atoms with E-state index < -0.39 is 0 Å². The highest BCUT2D eigenvalue weighted by Crippen LogP contribution is 2.21. The van der Waals surface area contributed by atoms with Crippen LogP contribution < -0.4 is 5.32 Å². The Labute approximate surface area is 133 Å². The first kappa shape index (κ1) is 15.4. The fraction of sp³-hybridized carbons (Fsp3) is 0.467. The average Bonchev–Trinajstić information content (AvgIpc) is 2.47. The van der Waals surface area contributed by atoms with E-state index in [0.717, 1.165) is 17.3 Å². The first-order chi connectivity index (χ1) is 9.58. The monoisotopic (exact) mass is 354 g/mol. The maximum atomic E-state index is 12.1. The smallest absolute Gasteiger partial charge is 0.257 e. The van der Waals surface area contributed by atoms with E-state index in [-0.39, 0.29) is 5.91 Å². The number of carbonyl (C=O) groups is 1. The quantitative estimate of drug-likeness (QED) is 0.821. The molecule has 1 N–H and O–H groups in total. The Morgan fingerprint density at radius 2 is 2.05 bits per heavy atom. The number of carbonyl (C=O) groups excluding carboxylic acids is 1. The number of halogens is 1. The Hall–Kier alpha value is -0.940. The maximum Gasteiger partial charge on any atom is 0.257 e. The highest BCUT2D eigenvalue weighted by molar-refractivity contribution is 9.10. The van der Waals surface area contributed by atoms with Gasteiger partial charge < -0.3 is 4.90 Å². The number of nitrogens with one attached hydrogen (secondary N) is 1. The molecular weight excluding hydrogens is 336 g/mol. The molecule has 1 saturated carbocycles. The zero-order valence-corrected chi connectivity index (χ0v) is 14.0. The molecule has 3 nitrogen and oxygen atoms in total. The van der Waals surface area contributed by atoms with E-state index >= 15 is 0 Å². The minimum absolute atomic E-state index is 0.154. The summed E-state index contributed by atoms with van der Waals surface area (Å²) in [4.78, 5) is 14.2. The van der Waals surface area contributed by atoms with Crippen molar-refractivity contribution in [1.29, 1.82) is 0 Å². The fourth-order valence-electron chi connectivity index (χ4n) is 2.52. The number of amides is 1. The summed E-state index contributed by atoms with van der Waals surface area (Å²) >= 11 is 8.71. The van der Waals surface area contributed by atoms with Gasteiger partial charge in [-0.3, -0.25) is 10.1 Å². The number of hydrogen-bond acceptors (Lipinski definition) is 2. The summed E-state index contributed by atoms with van der Waals surface area (Å²) in [7, 11) is 1.97. The average molecular weight is 355 g/mol. The number of hydrogen-bond donors (Lipinski definition) is 1. The Balaban J connectivity index is 1.94. The van der Waals surface area contributed by atoms with Gasteiger partial charge in [0.1, 0.15) is 0 Å². The molecule has 0 heterocycles. The summed E-state index contributed by atoms with van der Waals surface area (Å²) in [6.07, 6.45) is 6.11. The van der Waals surface area contributed by atoms with Crippen LogP contribution in [0.5, 0.6) is 0 Å². The van der Waals surface area contributed by atoms with Gasteiger partial charge >= 0.3 is 0 Å². The van der Waals surface area contributed by atoms with E-state index in [2.05, 4.69) is 21.2 Å². The number of thiocarbonyl (C=S) groups is 1. The minimum atomic E-state index is -0.154. The molecular formula is C15H19BrN2OS. The Morgan fingerprint density at radius 3 is 2.70 bits per heavy atom. The topological polar surface area (TPSA) is 32.3 Å². The van der Waals surface area contributed by atoms with Crippen LogP contribution in [0.25, 0.3) is 0 Å². The van der Waals surface area contributed by atoms with Gasteiger partial charge in [-0.15, -0.1) is 0 Å². The zero-order valence-electron chi connectivity index (χ0n) is 11.6. The third kappa shape index (κ3) is 4.03. The minimum Gasteiger partial charge on any atom is -0.349 e. The molecule has 1 aliphatic carbocycles. The molecule has 0 atom stereocenters. The van der Waals surface area contributed by atoms with Gasteiger partial charge in [0.2, 0.25) is 0 Å². The van der Waals surface area contributed by atoms with Crippen LogP contribution in [0.1, 0.15) is 42.5 Å². The summed E-state index contributed by atoms with van der Waals surface area (Å²) in [6.45, 7) is 0. The predicted octanol–water partition coefficient (Wildman–Crippen LogP) is 3.73. The van der Waals surface area contributed by atoms with Crippen LogP contribution >= 0.6 is 28.1 Å². The molecule has 0 aromatic heterocycles. The third-order valence-corrected chi connectivity index (χ3v) is 4.63. The Bertz CT molecular complexity index is 500. The normalized spacial score (nSPS) is 15.7. The van der Waals surface area contributed by atoms with Gasteiger partial charge in [0.15, 0.2) is 5.11 Å². The summed E-state index contributed by atoms with van der Waals surface area (Å²) < 4.78 is 0.886. The van der Waals surface area contributed by atoms with E-state index in [1.54, 1.807) is 12.1 Å². The van der Waals surface area contributed by atoms with Crippen molar-refractivity contribution >= 4 is 39.2 Å². The molecule has 2 rings (SSSR count). The van der Waals surface area contributed by atoms with Gasteiger partial charge in [-0.2, -0.15) is 0 Å². The lowest BCUT2D eigenvalue weighted by Crippen LogP contribution is -2.46. The van der Waals surface area contributed by atoms with Crippen LogP contribution in [0.15, 0.2) is 28.7 Å². The highest BCUT2D eigenvalue weighted by Gasteiger charge is 2.21. The molecule has 0 unspecified atom stereocenters. The van der Waals surface area contributed by atoms with E-state index in [4.69, 9.17) is 12.2 Å². The molecule has 1 aromatic carbocycles. The molecule has 0 aliphatic heterocycles. The maximum absolute atomic E-state index is 12.1. The van der Waals surface area contributed by atoms with E-state index in [1.807, 2.05) is 24.1 Å². The van der Waals surface area contributed by atoms with Crippen molar-refractivity contribution in [3.05, 3.63) is 34.3 Å². The van der Waals surface area contributed by atoms with Gasteiger partial charge in [0, 0.05) is 23.1 Å². The zero-order chi connectivity index (χ0) is 14.5. The van der Waals surface area contributed by atoms with Gasteiger partial charge in [0.05, 0.1) is 0 Å². The second-order valence-corrected chi connectivity index (χ2v) is 6.47. The van der Waals surface area contributed by atoms with Crippen LogP contribution in [0.3, 0.4) is 0 Å². The lowest BCUT2D eigenvalue weighted by molar-refractivity contribution is 0.0972. The number of benzene rings is 1. The molecule has 1 aromatic rings. The molecule has 1 aliphatic rings. The van der Waals surface area contributed by atoms with Crippen LogP contribution in [0.4, 0.5) is 0 Å². The molecule has 0 saturated heterocycles. The van der Waals surface area contributed by atoms with Gasteiger partial charge in [-0.25, -0.2) is 0 Å². The fourth-order valence-corrected chi connectivity index (χ4v) is 3.16. The second-order valence-electron chi connectivity index (χ2n) is 5.17. The molecule has 20 heavy (non-hydrogen) atoms. The summed E-state index contributed by atoms with van der Waals surface area (Å²) in [5, 5.41) is 3.33. The molecule has 1 fully saturated rings. The van der Waals surface area contributed by atoms with Crippen molar-refractivity contribution in [1.82, 2.24) is 10.2 Å². The van der Waals surface area contributed by atoms with E-state index in [9.17, 15) is 4.79 Å². The first-order valence-corrected chi connectivity index (χ1v) is 8.12. The van der Waals surface area contributed by atoms with Crippen LogP contribution in [0, 0.1) is 0 Å². The SMILES string of the molecule is CN(C(=S)NC(=O)c1cccc(Br)c1)C1CCCCC1. The first-order valence-electron chi connectivity index (χ1n) is 6.91. The Morgan fingerprint density at radius 1 is 1.35 bits per heavy atom. The van der Waals surface area contributed by atoms with Crippen molar-refractivity contribution in [2.75, 3.05) is 7.05 Å². The van der Waals surface area contributed by atoms with E-state index in [1.165, 1.54) is 19.3 Å². The highest BCUT2D eigenvalue weighted by atomic mass is 79.9. The largest absolute Gasteiger partial charge is 0.349 e. The van der Waals surface area contributed by atoms with Crippen molar-refractivity contribution in [3.8, 4) is 0 Å². The van der Waals surface area contributed by atoms with Crippen molar-refractivity contribution in [2.45, 2.75) is 38.1 Å². The molecule has 108 valence electrons. The predicted molar refractivity (Wildman–Crippen MR) is 88.8 cm³/mol. The van der Waals surface area contributed by atoms with Crippen molar-refractivity contribution in [3.63, 3.8) is 0 Å². The van der Waals surface area contributed by atoms with Crippen molar-refractivity contribution < 1.29 is 4.79 Å². The summed E-state index contributed by atoms with van der Waals surface area (Å²) in [6, 6.07) is 7.76. The van der Waals surface area contributed by atoms with Gasteiger partial charge in [0.25, 0.3) is 5.91 Å². The summed E-state index contributed by atoms with van der Waals surface area (Å²) in [5.41, 5.74) is 0.610. The lowest BCUT2D eigenvalue weighted by Gasteiger charge is -2.32. The molecule has 1 amide bonds. The summed E-state index contributed by atoms with van der Waals surface area (Å²) in [5.74, 6) is -0.154. The standard InChI is InChI=1S/C15H19BrN2OS/c1-18(13-8-3-2-4-9-13)15(20)17-14(19)11-6-5-7-12(16)10-11/h5-7,10,13H,2-4,8-9H2,1H3,(H,17,19,20). The van der Waals surface area contributed by atoms with Gasteiger partial charge in [-0.05, 0) is 43.3 Å².